The first kappa shape index (κ1) is 12.0. The Morgan fingerprint density at radius 1 is 1.50 bits per heavy atom. The molecule has 3 rings (SSSR count). The normalized spacial score (nSPS) is 46.6. The van der Waals surface area contributed by atoms with Crippen LogP contribution in [0, 0.1) is 5.92 Å². The van der Waals surface area contributed by atoms with Crippen molar-refractivity contribution in [2.75, 3.05) is 0 Å². The van der Waals surface area contributed by atoms with Gasteiger partial charge in [0, 0.05) is 11.5 Å². The lowest BCUT2D eigenvalue weighted by Crippen LogP contribution is -2.28. The molecule has 0 aromatic heterocycles. The number of hydrogen-bond donors (Lipinski definition) is 0. The Bertz CT molecular complexity index is 437. The van der Waals surface area contributed by atoms with Gasteiger partial charge in [0.2, 0.25) is 0 Å². The molecular weight excluding hydrogens is 228 g/mol. The van der Waals surface area contributed by atoms with Crippen LogP contribution in [0.2, 0.25) is 0 Å². The van der Waals surface area contributed by atoms with Crippen LogP contribution >= 0.6 is 0 Å². The number of allylic oxidation sites excluding steroid dienone is 2. The molecule has 1 aliphatic carbocycles. The van der Waals surface area contributed by atoms with Crippen molar-refractivity contribution >= 4 is 5.97 Å². The fraction of sp³-hybridized carbons (Fsp3) is 0.667. The lowest BCUT2D eigenvalue weighted by atomic mass is 9.84. The van der Waals surface area contributed by atoms with E-state index in [9.17, 15) is 4.79 Å². The second-order valence-electron chi connectivity index (χ2n) is 5.98. The topological polar surface area (TPSA) is 38.8 Å². The Hall–Kier alpha value is -1.09. The maximum absolute atomic E-state index is 11.7. The lowest BCUT2D eigenvalue weighted by Gasteiger charge is -2.19. The van der Waals surface area contributed by atoms with Gasteiger partial charge in [0.1, 0.15) is 12.2 Å². The number of carbonyl (C=O) groups is 1. The van der Waals surface area contributed by atoms with E-state index in [1.165, 1.54) is 5.57 Å². The van der Waals surface area contributed by atoms with Crippen LogP contribution in [0.5, 0.6) is 0 Å². The van der Waals surface area contributed by atoms with Crippen molar-refractivity contribution in [1.82, 2.24) is 0 Å². The second kappa shape index (κ2) is 3.95. The molecule has 0 radical (unpaired) electrons. The number of esters is 1. The second-order valence-corrected chi connectivity index (χ2v) is 5.98. The predicted octanol–water partition coefficient (Wildman–Crippen LogP) is 2.76. The van der Waals surface area contributed by atoms with Crippen molar-refractivity contribution in [2.24, 2.45) is 5.92 Å². The van der Waals surface area contributed by atoms with Gasteiger partial charge in [0.15, 0.2) is 0 Å². The Kier molecular flexibility index (Phi) is 2.63. The van der Waals surface area contributed by atoms with Gasteiger partial charge in [-0.15, -0.1) is 0 Å². The summed E-state index contributed by atoms with van der Waals surface area (Å²) in [4.78, 5) is 11.7. The molecule has 0 aromatic rings. The quantitative estimate of drug-likeness (QED) is 0.286. The molecule has 2 fully saturated rings. The van der Waals surface area contributed by atoms with E-state index in [0.29, 0.717) is 5.57 Å². The third-order valence-electron chi connectivity index (χ3n) is 4.57. The van der Waals surface area contributed by atoms with E-state index in [0.717, 1.165) is 25.7 Å². The first-order valence-electron chi connectivity index (χ1n) is 6.74. The summed E-state index contributed by atoms with van der Waals surface area (Å²) in [6.45, 7) is 8.17. The molecule has 0 aromatic carbocycles. The van der Waals surface area contributed by atoms with Crippen LogP contribution in [0.15, 0.2) is 23.8 Å². The number of fused-ring (bicyclic) bond motifs is 3. The van der Waals surface area contributed by atoms with Crippen molar-refractivity contribution in [2.45, 2.75) is 57.3 Å². The lowest BCUT2D eigenvalue weighted by molar-refractivity contribution is -0.140. The van der Waals surface area contributed by atoms with Crippen molar-refractivity contribution in [3.63, 3.8) is 0 Å². The van der Waals surface area contributed by atoms with Gasteiger partial charge in [0.05, 0.1) is 5.60 Å². The van der Waals surface area contributed by atoms with E-state index in [2.05, 4.69) is 26.5 Å². The highest BCUT2D eigenvalue weighted by atomic mass is 16.6. The molecule has 4 atom stereocenters. The van der Waals surface area contributed by atoms with Gasteiger partial charge in [-0.2, -0.15) is 0 Å². The van der Waals surface area contributed by atoms with Crippen LogP contribution in [0.25, 0.3) is 0 Å². The van der Waals surface area contributed by atoms with Crippen LogP contribution in [-0.4, -0.2) is 23.8 Å². The van der Waals surface area contributed by atoms with Crippen LogP contribution in [0.1, 0.15) is 39.5 Å². The zero-order chi connectivity index (χ0) is 12.9. The molecule has 3 heteroatoms. The third-order valence-corrected chi connectivity index (χ3v) is 4.57. The summed E-state index contributed by atoms with van der Waals surface area (Å²) in [6.07, 6.45) is 6.25. The summed E-state index contributed by atoms with van der Waals surface area (Å²) in [7, 11) is 0. The van der Waals surface area contributed by atoms with Gasteiger partial charge in [-0.3, -0.25) is 0 Å². The molecule has 0 amide bonds. The molecule has 0 spiro atoms. The summed E-state index contributed by atoms with van der Waals surface area (Å²) in [6, 6.07) is 0. The fourth-order valence-electron chi connectivity index (χ4n) is 3.20. The number of hydrogen-bond acceptors (Lipinski definition) is 3. The van der Waals surface area contributed by atoms with E-state index < -0.39 is 0 Å². The van der Waals surface area contributed by atoms with E-state index in [-0.39, 0.29) is 29.7 Å². The molecule has 2 heterocycles. The Morgan fingerprint density at radius 2 is 2.28 bits per heavy atom. The maximum atomic E-state index is 11.7. The highest BCUT2D eigenvalue weighted by Crippen LogP contribution is 2.49. The third kappa shape index (κ3) is 1.81. The molecule has 18 heavy (non-hydrogen) atoms. The maximum Gasteiger partial charge on any atom is 0.334 e. The summed E-state index contributed by atoms with van der Waals surface area (Å²) in [5.74, 6) is -0.102. The smallest absolute Gasteiger partial charge is 0.334 e. The first-order valence-corrected chi connectivity index (χ1v) is 6.74. The van der Waals surface area contributed by atoms with Gasteiger partial charge in [-0.25, -0.2) is 4.79 Å². The molecule has 0 N–H and O–H groups in total. The van der Waals surface area contributed by atoms with Gasteiger partial charge in [-0.1, -0.05) is 18.2 Å². The van der Waals surface area contributed by atoms with E-state index in [1.54, 1.807) is 0 Å². The Morgan fingerprint density at radius 3 is 3.06 bits per heavy atom. The first-order chi connectivity index (χ1) is 8.51. The monoisotopic (exact) mass is 248 g/mol. The van der Waals surface area contributed by atoms with E-state index in [1.807, 2.05) is 0 Å². The highest BCUT2D eigenvalue weighted by molar-refractivity contribution is 5.91. The zero-order valence-electron chi connectivity index (χ0n) is 11.1. The molecule has 3 nitrogen and oxygen atoms in total. The molecule has 0 bridgehead atoms. The highest BCUT2D eigenvalue weighted by Gasteiger charge is 2.61. The molecule has 2 saturated heterocycles. The fourth-order valence-corrected chi connectivity index (χ4v) is 3.20. The SMILES string of the molecule is C=C1C(=O)O[C@H]2[C@H]1CC/C(C)=C/CC[C@]1(C)O[C@@H]21. The van der Waals surface area contributed by atoms with Crippen molar-refractivity contribution < 1.29 is 14.3 Å². The van der Waals surface area contributed by atoms with E-state index in [4.69, 9.17) is 9.47 Å². The van der Waals surface area contributed by atoms with Crippen molar-refractivity contribution in [3.05, 3.63) is 23.8 Å². The average molecular weight is 248 g/mol. The van der Waals surface area contributed by atoms with Gasteiger partial charge >= 0.3 is 5.97 Å². The summed E-state index contributed by atoms with van der Waals surface area (Å²) >= 11 is 0. The van der Waals surface area contributed by atoms with Crippen molar-refractivity contribution in [1.29, 1.82) is 0 Å². The largest absolute Gasteiger partial charge is 0.455 e. The van der Waals surface area contributed by atoms with Crippen LogP contribution in [0.4, 0.5) is 0 Å². The van der Waals surface area contributed by atoms with Gasteiger partial charge in [-0.05, 0) is 39.5 Å². The van der Waals surface area contributed by atoms with Gasteiger partial charge < -0.3 is 9.47 Å². The molecule has 2 aliphatic heterocycles. The Balaban J connectivity index is 1.87. The minimum atomic E-state index is -0.233. The number of ether oxygens (including phenoxy) is 2. The van der Waals surface area contributed by atoms with Crippen molar-refractivity contribution in [3.8, 4) is 0 Å². The number of rotatable bonds is 0. The zero-order valence-corrected chi connectivity index (χ0v) is 11.1. The molecular formula is C15H20O3. The number of epoxide rings is 1. The summed E-state index contributed by atoms with van der Waals surface area (Å²) < 4.78 is 11.3. The molecule has 0 saturated carbocycles. The molecule has 0 unspecified atom stereocenters. The van der Waals surface area contributed by atoms with Crippen LogP contribution < -0.4 is 0 Å². The molecule has 98 valence electrons. The van der Waals surface area contributed by atoms with Gasteiger partial charge in [0.25, 0.3) is 0 Å². The summed E-state index contributed by atoms with van der Waals surface area (Å²) in [5, 5.41) is 0. The minimum Gasteiger partial charge on any atom is -0.455 e. The summed E-state index contributed by atoms with van der Waals surface area (Å²) in [5.41, 5.74) is 1.91. The number of carbonyl (C=O) groups excluding carboxylic acids is 1. The van der Waals surface area contributed by atoms with E-state index >= 15 is 0 Å². The standard InChI is InChI=1S/C15H20O3/c1-9-5-4-8-15(3)13(18-15)12-11(7-6-9)10(2)14(16)17-12/h5,11-13H,2,4,6-8H2,1,3H3/b9-5+/t11-,12-,13-,15-/m0/s1. The minimum absolute atomic E-state index is 0.0671. The van der Waals surface area contributed by atoms with Crippen LogP contribution in [-0.2, 0) is 14.3 Å². The Labute approximate surface area is 108 Å². The average Bonchev–Trinajstić information content (AvgIpc) is 2.90. The van der Waals surface area contributed by atoms with Crippen LogP contribution in [0.3, 0.4) is 0 Å². The molecule has 3 aliphatic rings. The predicted molar refractivity (Wildman–Crippen MR) is 68.0 cm³/mol.